The Morgan fingerprint density at radius 1 is 1.35 bits per heavy atom. The summed E-state index contributed by atoms with van der Waals surface area (Å²) in [5.74, 6) is 0.0373. The molecule has 9 heteroatoms. The summed E-state index contributed by atoms with van der Waals surface area (Å²) in [5.41, 5.74) is 7.55. The lowest BCUT2D eigenvalue weighted by Crippen LogP contribution is -2.21. The Bertz CT molecular complexity index is 903. The number of nitrogens with zero attached hydrogens (tertiary/aromatic N) is 4. The van der Waals surface area contributed by atoms with Crippen molar-refractivity contribution < 1.29 is 12.7 Å². The summed E-state index contributed by atoms with van der Waals surface area (Å²) >= 11 is 0. The van der Waals surface area contributed by atoms with E-state index >= 15 is 0 Å². The first-order valence-corrected chi connectivity index (χ1v) is 7.39. The minimum atomic E-state index is -3.68. The van der Waals surface area contributed by atoms with E-state index in [9.17, 15) is 8.42 Å². The standard InChI is InChI=1S/C11H11N5O3S/c1-2-20(17,18)19-16-6-14-9-10(16)8-7(15-11(9)12)4-3-5-13-8/h3-6H,2H2,1H3,(H2,12,15). The molecule has 0 aliphatic rings. The Balaban J connectivity index is 2.35. The number of nitrogens with two attached hydrogens (primary N) is 1. The maximum Gasteiger partial charge on any atom is 0.326 e. The fraction of sp³-hybridized carbons (Fsp3) is 0.182. The molecule has 0 aliphatic heterocycles. The number of imidazole rings is 1. The third kappa shape index (κ3) is 1.92. The van der Waals surface area contributed by atoms with E-state index in [1.165, 1.54) is 13.3 Å². The van der Waals surface area contributed by atoms with Gasteiger partial charge in [0.2, 0.25) is 0 Å². The molecule has 3 aromatic rings. The van der Waals surface area contributed by atoms with Gasteiger partial charge in [0.15, 0.2) is 5.82 Å². The lowest BCUT2D eigenvalue weighted by molar-refractivity contribution is 0.292. The summed E-state index contributed by atoms with van der Waals surface area (Å²) in [4.78, 5) is 12.4. The van der Waals surface area contributed by atoms with Crippen molar-refractivity contribution in [1.29, 1.82) is 0 Å². The Labute approximate surface area is 114 Å². The molecule has 0 aromatic carbocycles. The number of fused-ring (bicyclic) bond motifs is 3. The molecule has 0 atom stereocenters. The average Bonchev–Trinajstić information content (AvgIpc) is 2.83. The molecule has 0 aliphatic carbocycles. The Morgan fingerprint density at radius 3 is 2.90 bits per heavy atom. The molecule has 3 aromatic heterocycles. The largest absolute Gasteiger partial charge is 0.382 e. The van der Waals surface area contributed by atoms with Gasteiger partial charge in [-0.1, -0.05) is 0 Å². The van der Waals surface area contributed by atoms with Crippen molar-refractivity contribution in [3.8, 4) is 0 Å². The van der Waals surface area contributed by atoms with E-state index in [2.05, 4.69) is 15.0 Å². The first-order chi connectivity index (χ1) is 9.52. The number of anilines is 1. The molecular weight excluding hydrogens is 282 g/mol. The van der Waals surface area contributed by atoms with Crippen LogP contribution in [0.3, 0.4) is 0 Å². The van der Waals surface area contributed by atoms with Gasteiger partial charge in [0.1, 0.15) is 22.9 Å². The van der Waals surface area contributed by atoms with Crippen molar-refractivity contribution >= 4 is 38.0 Å². The van der Waals surface area contributed by atoms with Gasteiger partial charge in [-0.2, -0.15) is 8.42 Å². The van der Waals surface area contributed by atoms with Crippen LogP contribution in [0, 0.1) is 0 Å². The lowest BCUT2D eigenvalue weighted by Gasteiger charge is -2.07. The summed E-state index contributed by atoms with van der Waals surface area (Å²) < 4.78 is 29.2. The number of hydrogen-bond donors (Lipinski definition) is 1. The zero-order valence-electron chi connectivity index (χ0n) is 10.5. The Morgan fingerprint density at radius 2 is 2.15 bits per heavy atom. The highest BCUT2D eigenvalue weighted by molar-refractivity contribution is 7.86. The lowest BCUT2D eigenvalue weighted by atomic mass is 10.3. The second kappa shape index (κ2) is 4.30. The number of pyridine rings is 2. The van der Waals surface area contributed by atoms with Gasteiger partial charge >= 0.3 is 10.1 Å². The molecule has 0 saturated carbocycles. The van der Waals surface area contributed by atoms with Gasteiger partial charge in [-0.05, 0) is 19.1 Å². The van der Waals surface area contributed by atoms with E-state index in [0.717, 1.165) is 4.73 Å². The molecule has 0 spiro atoms. The smallest absolute Gasteiger partial charge is 0.326 e. The maximum atomic E-state index is 11.6. The molecule has 0 fully saturated rings. The van der Waals surface area contributed by atoms with Crippen LogP contribution < -0.4 is 10.0 Å². The van der Waals surface area contributed by atoms with Crippen molar-refractivity contribution in [3.63, 3.8) is 0 Å². The van der Waals surface area contributed by atoms with E-state index in [1.807, 2.05) is 0 Å². The third-order valence-electron chi connectivity index (χ3n) is 2.78. The number of hydrogen-bond acceptors (Lipinski definition) is 7. The van der Waals surface area contributed by atoms with Crippen molar-refractivity contribution in [2.24, 2.45) is 0 Å². The van der Waals surface area contributed by atoms with Crippen LogP contribution in [0.4, 0.5) is 5.82 Å². The van der Waals surface area contributed by atoms with Crippen LogP contribution >= 0.6 is 0 Å². The predicted molar refractivity (Wildman–Crippen MR) is 73.3 cm³/mol. The summed E-state index contributed by atoms with van der Waals surface area (Å²) in [7, 11) is -3.68. The SMILES string of the molecule is CCS(=O)(=O)On1cnc2c(N)nc3cccnc3c21. The molecule has 3 heterocycles. The van der Waals surface area contributed by atoms with Gasteiger partial charge < -0.3 is 5.73 Å². The second-order valence-corrected chi connectivity index (χ2v) is 5.90. The average molecular weight is 293 g/mol. The molecule has 0 radical (unpaired) electrons. The highest BCUT2D eigenvalue weighted by Crippen LogP contribution is 2.24. The third-order valence-corrected chi connectivity index (χ3v) is 3.87. The van der Waals surface area contributed by atoms with Crippen LogP contribution in [0.1, 0.15) is 6.92 Å². The van der Waals surface area contributed by atoms with Crippen molar-refractivity contribution in [1.82, 2.24) is 19.7 Å². The summed E-state index contributed by atoms with van der Waals surface area (Å²) in [6, 6.07) is 3.44. The zero-order chi connectivity index (χ0) is 14.3. The van der Waals surface area contributed by atoms with E-state index in [4.69, 9.17) is 10.0 Å². The van der Waals surface area contributed by atoms with Gasteiger partial charge in [-0.3, -0.25) is 9.27 Å². The monoisotopic (exact) mass is 293 g/mol. The first kappa shape index (κ1) is 12.6. The Kier molecular flexibility index (Phi) is 2.71. The molecular formula is C11H11N5O3S. The van der Waals surface area contributed by atoms with Crippen LogP contribution in [0.2, 0.25) is 0 Å². The van der Waals surface area contributed by atoms with Crippen LogP contribution in [0.25, 0.3) is 22.1 Å². The zero-order valence-corrected chi connectivity index (χ0v) is 11.3. The fourth-order valence-corrected chi connectivity index (χ4v) is 2.28. The Hall–Kier alpha value is -2.42. The molecule has 2 N–H and O–H groups in total. The number of aromatic nitrogens is 4. The molecule has 8 nitrogen and oxygen atoms in total. The van der Waals surface area contributed by atoms with Gasteiger partial charge in [0, 0.05) is 6.20 Å². The van der Waals surface area contributed by atoms with Crippen LogP contribution in [0.5, 0.6) is 0 Å². The number of nitrogen functional groups attached to an aromatic ring is 1. The quantitative estimate of drug-likeness (QED) is 0.740. The molecule has 0 unspecified atom stereocenters. The van der Waals surface area contributed by atoms with Crippen LogP contribution in [0.15, 0.2) is 24.7 Å². The fourth-order valence-electron chi connectivity index (χ4n) is 1.82. The molecule has 0 saturated heterocycles. The summed E-state index contributed by atoms with van der Waals surface area (Å²) in [5, 5.41) is 0. The van der Waals surface area contributed by atoms with Gasteiger partial charge in [-0.25, -0.2) is 9.97 Å². The highest BCUT2D eigenvalue weighted by Gasteiger charge is 2.17. The molecule has 0 amide bonds. The van der Waals surface area contributed by atoms with Crippen molar-refractivity contribution in [2.75, 3.05) is 11.5 Å². The van der Waals surface area contributed by atoms with Gasteiger partial charge in [-0.15, -0.1) is 4.73 Å². The van der Waals surface area contributed by atoms with E-state index in [-0.39, 0.29) is 11.6 Å². The first-order valence-electron chi connectivity index (χ1n) is 5.82. The highest BCUT2D eigenvalue weighted by atomic mass is 32.2. The summed E-state index contributed by atoms with van der Waals surface area (Å²) in [6.45, 7) is 1.49. The van der Waals surface area contributed by atoms with Crippen molar-refractivity contribution in [2.45, 2.75) is 6.92 Å². The molecule has 0 bridgehead atoms. The molecule has 104 valence electrons. The van der Waals surface area contributed by atoms with E-state index in [1.54, 1.807) is 18.3 Å². The van der Waals surface area contributed by atoms with Gasteiger partial charge in [0.25, 0.3) is 0 Å². The second-order valence-electron chi connectivity index (χ2n) is 4.06. The maximum absolute atomic E-state index is 11.6. The van der Waals surface area contributed by atoms with Crippen LogP contribution in [-0.4, -0.2) is 33.9 Å². The topological polar surface area (TPSA) is 113 Å². The predicted octanol–water partition coefficient (Wildman–Crippen LogP) is 0.340. The van der Waals surface area contributed by atoms with Crippen molar-refractivity contribution in [3.05, 3.63) is 24.7 Å². The molecule has 3 rings (SSSR count). The van der Waals surface area contributed by atoms with Gasteiger partial charge in [0.05, 0.1) is 11.3 Å². The van der Waals surface area contributed by atoms with Crippen LogP contribution in [-0.2, 0) is 10.1 Å². The number of rotatable bonds is 3. The minimum Gasteiger partial charge on any atom is -0.382 e. The van der Waals surface area contributed by atoms with E-state index < -0.39 is 10.1 Å². The normalized spacial score (nSPS) is 12.1. The summed E-state index contributed by atoms with van der Waals surface area (Å²) in [6.07, 6.45) is 2.81. The minimum absolute atomic E-state index is 0.154. The van der Waals surface area contributed by atoms with E-state index in [0.29, 0.717) is 22.1 Å². The molecule has 20 heavy (non-hydrogen) atoms.